The number of hydrogen-bond donors (Lipinski definition) is 1. The SMILES string of the molecule is O=C(CN1C(=O)S/C(=C/c2ccccc2OCc2ccccc2)C1=O)Nc1ccc(F)c(Cl)c1. The fourth-order valence-electron chi connectivity index (χ4n) is 3.16. The molecule has 1 aliphatic heterocycles. The zero-order valence-corrected chi connectivity index (χ0v) is 19.2. The molecule has 34 heavy (non-hydrogen) atoms. The summed E-state index contributed by atoms with van der Waals surface area (Å²) in [4.78, 5) is 38.6. The highest BCUT2D eigenvalue weighted by Crippen LogP contribution is 2.34. The molecule has 0 atom stereocenters. The van der Waals surface area contributed by atoms with Crippen molar-refractivity contribution in [2.45, 2.75) is 6.61 Å². The molecule has 1 heterocycles. The zero-order chi connectivity index (χ0) is 24.1. The molecule has 0 aliphatic carbocycles. The van der Waals surface area contributed by atoms with Gasteiger partial charge in [0, 0.05) is 11.3 Å². The van der Waals surface area contributed by atoms with E-state index in [1.54, 1.807) is 24.3 Å². The molecule has 3 amide bonds. The Morgan fingerprint density at radius 2 is 1.79 bits per heavy atom. The molecule has 9 heteroatoms. The second kappa shape index (κ2) is 10.5. The molecule has 0 unspecified atom stereocenters. The molecule has 1 N–H and O–H groups in total. The van der Waals surface area contributed by atoms with Crippen LogP contribution in [0, 0.1) is 5.82 Å². The lowest BCUT2D eigenvalue weighted by atomic mass is 10.1. The predicted octanol–water partition coefficient (Wildman–Crippen LogP) is 5.73. The number of nitrogens with one attached hydrogen (secondary N) is 1. The number of imide groups is 1. The molecule has 1 saturated heterocycles. The van der Waals surface area contributed by atoms with Gasteiger partial charge < -0.3 is 10.1 Å². The summed E-state index contributed by atoms with van der Waals surface area (Å²) in [5, 5.41) is 1.78. The number of ether oxygens (including phenoxy) is 1. The first kappa shape index (κ1) is 23.5. The predicted molar refractivity (Wildman–Crippen MR) is 130 cm³/mol. The third-order valence-corrected chi connectivity index (χ3v) is 6.02. The lowest BCUT2D eigenvalue weighted by molar-refractivity contribution is -0.127. The number of rotatable bonds is 7. The van der Waals surface area contributed by atoms with Gasteiger partial charge >= 0.3 is 0 Å². The molecule has 1 aliphatic rings. The van der Waals surface area contributed by atoms with Crippen molar-refractivity contribution >= 4 is 52.2 Å². The minimum atomic E-state index is -0.622. The summed E-state index contributed by atoms with van der Waals surface area (Å²) in [5.74, 6) is -1.26. The summed E-state index contributed by atoms with van der Waals surface area (Å²) in [5.41, 5.74) is 1.88. The van der Waals surface area contributed by atoms with Crippen LogP contribution in [-0.2, 0) is 16.2 Å². The van der Waals surface area contributed by atoms with Gasteiger partial charge in [-0.2, -0.15) is 0 Å². The zero-order valence-electron chi connectivity index (χ0n) is 17.7. The molecule has 0 bridgehead atoms. The summed E-state index contributed by atoms with van der Waals surface area (Å²) >= 11 is 6.46. The summed E-state index contributed by atoms with van der Waals surface area (Å²) in [6.07, 6.45) is 1.57. The molecule has 0 spiro atoms. The third-order valence-electron chi connectivity index (χ3n) is 4.82. The van der Waals surface area contributed by atoms with E-state index >= 15 is 0 Å². The molecule has 172 valence electrons. The van der Waals surface area contributed by atoms with E-state index in [-0.39, 0.29) is 15.6 Å². The third kappa shape index (κ3) is 5.65. The van der Waals surface area contributed by atoms with Crippen LogP contribution < -0.4 is 10.1 Å². The van der Waals surface area contributed by atoms with Crippen LogP contribution >= 0.6 is 23.4 Å². The number of carbonyl (C=O) groups is 3. The Hall–Kier alpha value is -3.62. The average Bonchev–Trinajstić information content (AvgIpc) is 3.09. The lowest BCUT2D eigenvalue weighted by Crippen LogP contribution is -2.36. The van der Waals surface area contributed by atoms with Gasteiger partial charge in [0.1, 0.15) is 24.7 Å². The van der Waals surface area contributed by atoms with Crippen molar-refractivity contribution in [1.29, 1.82) is 0 Å². The van der Waals surface area contributed by atoms with Crippen molar-refractivity contribution in [2.75, 3.05) is 11.9 Å². The number of halogens is 2. The number of para-hydroxylation sites is 1. The highest BCUT2D eigenvalue weighted by atomic mass is 35.5. The fourth-order valence-corrected chi connectivity index (χ4v) is 4.17. The Kier molecular flexibility index (Phi) is 7.30. The van der Waals surface area contributed by atoms with Crippen LogP contribution in [0.1, 0.15) is 11.1 Å². The van der Waals surface area contributed by atoms with Crippen LogP contribution in [0.4, 0.5) is 14.9 Å². The molecule has 3 aromatic carbocycles. The van der Waals surface area contributed by atoms with E-state index in [2.05, 4.69) is 5.32 Å². The van der Waals surface area contributed by atoms with Gasteiger partial charge in [-0.3, -0.25) is 19.3 Å². The van der Waals surface area contributed by atoms with E-state index in [1.807, 2.05) is 36.4 Å². The van der Waals surface area contributed by atoms with E-state index in [0.717, 1.165) is 28.3 Å². The Balaban J connectivity index is 1.44. The Morgan fingerprint density at radius 3 is 2.56 bits per heavy atom. The maximum atomic E-state index is 13.3. The van der Waals surface area contributed by atoms with Gasteiger partial charge in [-0.05, 0) is 47.7 Å². The first-order valence-electron chi connectivity index (χ1n) is 10.2. The molecule has 0 saturated carbocycles. The van der Waals surface area contributed by atoms with E-state index in [0.29, 0.717) is 17.9 Å². The van der Waals surface area contributed by atoms with Crippen LogP contribution in [0.3, 0.4) is 0 Å². The Bertz CT molecular complexity index is 1280. The molecule has 3 aromatic rings. The van der Waals surface area contributed by atoms with Crippen molar-refractivity contribution in [3.8, 4) is 5.75 Å². The molecule has 0 radical (unpaired) electrons. The largest absolute Gasteiger partial charge is 0.488 e. The van der Waals surface area contributed by atoms with E-state index in [1.165, 1.54) is 12.1 Å². The maximum Gasteiger partial charge on any atom is 0.294 e. The van der Waals surface area contributed by atoms with E-state index in [9.17, 15) is 18.8 Å². The number of thioether (sulfide) groups is 1. The minimum Gasteiger partial charge on any atom is -0.488 e. The second-order valence-corrected chi connectivity index (χ2v) is 8.66. The van der Waals surface area contributed by atoms with Gasteiger partial charge in [0.25, 0.3) is 11.1 Å². The van der Waals surface area contributed by atoms with Crippen molar-refractivity contribution in [3.63, 3.8) is 0 Å². The van der Waals surface area contributed by atoms with Crippen LogP contribution in [0.5, 0.6) is 5.75 Å². The lowest BCUT2D eigenvalue weighted by Gasteiger charge is -2.13. The van der Waals surface area contributed by atoms with Gasteiger partial charge in [-0.25, -0.2) is 4.39 Å². The number of carbonyl (C=O) groups excluding carboxylic acids is 3. The van der Waals surface area contributed by atoms with E-state index < -0.39 is 29.4 Å². The quantitative estimate of drug-likeness (QED) is 0.422. The van der Waals surface area contributed by atoms with Crippen molar-refractivity contribution < 1.29 is 23.5 Å². The molecule has 1 fully saturated rings. The number of amides is 3. The van der Waals surface area contributed by atoms with E-state index in [4.69, 9.17) is 16.3 Å². The van der Waals surface area contributed by atoms with Crippen molar-refractivity contribution in [1.82, 2.24) is 4.90 Å². The number of hydrogen-bond acceptors (Lipinski definition) is 5. The normalized spacial score (nSPS) is 14.5. The Labute approximate surface area is 204 Å². The van der Waals surface area contributed by atoms with Gasteiger partial charge in [0.2, 0.25) is 5.91 Å². The van der Waals surface area contributed by atoms with Gasteiger partial charge in [0.15, 0.2) is 0 Å². The summed E-state index contributed by atoms with van der Waals surface area (Å²) < 4.78 is 19.2. The standard InChI is InChI=1S/C25H18ClFN2O4S/c26-19-13-18(10-11-20(19)27)28-23(30)14-29-24(31)22(34-25(29)32)12-17-8-4-5-9-21(17)33-15-16-6-2-1-3-7-16/h1-13H,14-15H2,(H,28,30)/b22-12+. The van der Waals surface area contributed by atoms with Crippen LogP contribution in [0.15, 0.2) is 77.7 Å². The van der Waals surface area contributed by atoms with Crippen molar-refractivity contribution in [3.05, 3.63) is 99.7 Å². The summed E-state index contributed by atoms with van der Waals surface area (Å²) in [6.45, 7) is -0.135. The van der Waals surface area contributed by atoms with Gasteiger partial charge in [-0.15, -0.1) is 0 Å². The average molecular weight is 497 g/mol. The first-order valence-corrected chi connectivity index (χ1v) is 11.4. The van der Waals surface area contributed by atoms with Crippen LogP contribution in [0.2, 0.25) is 5.02 Å². The molecular formula is C25H18ClFN2O4S. The number of benzene rings is 3. The highest BCUT2D eigenvalue weighted by Gasteiger charge is 2.36. The molecular weight excluding hydrogens is 479 g/mol. The first-order chi connectivity index (χ1) is 16.4. The van der Waals surface area contributed by atoms with Crippen molar-refractivity contribution in [2.24, 2.45) is 0 Å². The smallest absolute Gasteiger partial charge is 0.294 e. The number of anilines is 1. The summed E-state index contributed by atoms with van der Waals surface area (Å²) in [7, 11) is 0. The minimum absolute atomic E-state index is 0.153. The topological polar surface area (TPSA) is 75.7 Å². The van der Waals surface area contributed by atoms with Crippen LogP contribution in [0.25, 0.3) is 6.08 Å². The fraction of sp³-hybridized carbons (Fsp3) is 0.0800. The molecule has 6 nitrogen and oxygen atoms in total. The summed E-state index contributed by atoms with van der Waals surface area (Å²) in [6, 6.07) is 20.5. The highest BCUT2D eigenvalue weighted by molar-refractivity contribution is 8.18. The monoisotopic (exact) mass is 496 g/mol. The molecule has 4 rings (SSSR count). The second-order valence-electron chi connectivity index (χ2n) is 7.26. The Morgan fingerprint density at radius 1 is 1.06 bits per heavy atom. The number of nitrogens with zero attached hydrogens (tertiary/aromatic N) is 1. The van der Waals surface area contributed by atoms with Crippen LogP contribution in [-0.4, -0.2) is 28.5 Å². The van der Waals surface area contributed by atoms with Gasteiger partial charge in [0.05, 0.1) is 9.93 Å². The molecule has 0 aromatic heterocycles. The van der Waals surface area contributed by atoms with Gasteiger partial charge in [-0.1, -0.05) is 60.1 Å². The maximum absolute atomic E-state index is 13.3.